The lowest BCUT2D eigenvalue weighted by Gasteiger charge is -2.18. The Morgan fingerprint density at radius 2 is 1.95 bits per heavy atom. The van der Waals surface area contributed by atoms with Crippen molar-refractivity contribution in [2.24, 2.45) is 11.8 Å². The van der Waals surface area contributed by atoms with Gasteiger partial charge in [0, 0.05) is 5.57 Å². The summed E-state index contributed by atoms with van der Waals surface area (Å²) in [6.07, 6.45) is 7.51. The predicted octanol–water partition coefficient (Wildman–Crippen LogP) is 2.92. The third-order valence-electron chi connectivity index (χ3n) is 4.37. The summed E-state index contributed by atoms with van der Waals surface area (Å²) in [6, 6.07) is 0. The highest BCUT2D eigenvalue weighted by Crippen LogP contribution is 2.34. The molecule has 0 bridgehead atoms. The first-order valence-electron chi connectivity index (χ1n) is 8.10. The summed E-state index contributed by atoms with van der Waals surface area (Å²) in [5, 5.41) is 0.647. The molecule has 1 saturated carbocycles. The molecule has 22 heavy (non-hydrogen) atoms. The molecule has 0 radical (unpaired) electrons. The lowest BCUT2D eigenvalue weighted by Crippen LogP contribution is -2.37. The molecule has 120 valence electrons. The molecule has 1 aliphatic heterocycles. The molecule has 0 aromatic heterocycles. The van der Waals surface area contributed by atoms with Gasteiger partial charge in [0.2, 0.25) is 0 Å². The minimum atomic E-state index is -0.514. The summed E-state index contributed by atoms with van der Waals surface area (Å²) in [4.78, 5) is 41.4. The number of amides is 2. The van der Waals surface area contributed by atoms with Crippen molar-refractivity contribution < 1.29 is 19.2 Å². The lowest BCUT2D eigenvalue weighted by atomic mass is 9.99. The van der Waals surface area contributed by atoms with E-state index < -0.39 is 17.8 Å². The summed E-state index contributed by atoms with van der Waals surface area (Å²) >= 11 is 0. The quantitative estimate of drug-likeness (QED) is 0.736. The predicted molar refractivity (Wildman–Crippen MR) is 81.2 cm³/mol. The van der Waals surface area contributed by atoms with Crippen LogP contribution < -0.4 is 0 Å². The molecule has 2 amide bonds. The van der Waals surface area contributed by atoms with Gasteiger partial charge < -0.3 is 4.84 Å². The Hall–Kier alpha value is -1.91. The van der Waals surface area contributed by atoms with Gasteiger partial charge in [0.15, 0.2) is 0 Å². The number of hydrogen-bond acceptors (Lipinski definition) is 4. The number of nitrogens with zero attached hydrogens (tertiary/aromatic N) is 1. The average molecular weight is 305 g/mol. The zero-order chi connectivity index (χ0) is 16.3. The standard InChI is InChI=1S/C15H17NO4.C2H6/c1-9-5-4-8-10(9)15(19)20-16-13(17)11-6-2-3-7-12(11)14(16)18;1-2/h2,6,9-10H,3-5,7-8H2,1H3;1-2H3. The Morgan fingerprint density at radius 3 is 2.55 bits per heavy atom. The van der Waals surface area contributed by atoms with Crippen LogP contribution in [0.25, 0.3) is 0 Å². The van der Waals surface area contributed by atoms with E-state index in [2.05, 4.69) is 0 Å². The highest BCUT2D eigenvalue weighted by molar-refractivity contribution is 6.20. The molecule has 0 N–H and O–H groups in total. The van der Waals surface area contributed by atoms with Crippen LogP contribution in [-0.2, 0) is 19.2 Å². The molecular formula is C17H23NO4. The molecule has 2 aliphatic carbocycles. The van der Waals surface area contributed by atoms with Crippen LogP contribution in [0.5, 0.6) is 0 Å². The van der Waals surface area contributed by atoms with E-state index in [-0.39, 0.29) is 11.8 Å². The number of allylic oxidation sites excluding steroid dienone is 1. The van der Waals surface area contributed by atoms with Crippen LogP contribution in [0.4, 0.5) is 0 Å². The van der Waals surface area contributed by atoms with E-state index in [1.54, 1.807) is 6.08 Å². The van der Waals surface area contributed by atoms with E-state index in [1.165, 1.54) is 0 Å². The average Bonchev–Trinajstić information content (AvgIpc) is 3.07. The first-order chi connectivity index (χ1) is 10.6. The normalized spacial score (nSPS) is 26.8. The summed E-state index contributed by atoms with van der Waals surface area (Å²) in [7, 11) is 0. The van der Waals surface area contributed by atoms with Crippen molar-refractivity contribution in [3.8, 4) is 0 Å². The number of carbonyl (C=O) groups excluding carboxylic acids is 3. The van der Waals surface area contributed by atoms with E-state index in [1.807, 2.05) is 26.8 Å². The van der Waals surface area contributed by atoms with E-state index in [0.29, 0.717) is 22.6 Å². The molecule has 3 aliphatic rings. The van der Waals surface area contributed by atoms with Crippen molar-refractivity contribution in [1.29, 1.82) is 0 Å². The van der Waals surface area contributed by atoms with E-state index >= 15 is 0 Å². The SMILES string of the molecule is CC.CC1CCCC1C(=O)ON1C(=O)C2=C(CCC=C2)C1=O. The van der Waals surface area contributed by atoms with Crippen molar-refractivity contribution in [3.05, 3.63) is 23.3 Å². The molecule has 0 aromatic carbocycles. The first-order valence-corrected chi connectivity index (χ1v) is 8.10. The molecule has 3 rings (SSSR count). The first kappa shape index (κ1) is 16.5. The van der Waals surface area contributed by atoms with Gasteiger partial charge in [-0.05, 0) is 31.6 Å². The number of imide groups is 1. The van der Waals surface area contributed by atoms with Crippen LogP contribution >= 0.6 is 0 Å². The second-order valence-electron chi connectivity index (χ2n) is 5.66. The van der Waals surface area contributed by atoms with Crippen LogP contribution in [-0.4, -0.2) is 22.8 Å². The fraction of sp³-hybridized carbons (Fsp3) is 0.588. The lowest BCUT2D eigenvalue weighted by molar-refractivity contribution is -0.200. The van der Waals surface area contributed by atoms with Gasteiger partial charge in [-0.25, -0.2) is 4.79 Å². The fourth-order valence-electron chi connectivity index (χ4n) is 3.15. The van der Waals surface area contributed by atoms with Gasteiger partial charge in [-0.2, -0.15) is 0 Å². The Kier molecular flexibility index (Phi) is 5.16. The van der Waals surface area contributed by atoms with Crippen molar-refractivity contribution in [2.45, 2.75) is 52.9 Å². The van der Waals surface area contributed by atoms with Gasteiger partial charge in [-0.3, -0.25) is 9.59 Å². The smallest absolute Gasteiger partial charge is 0.329 e. The number of hydroxylamine groups is 2. The number of carbonyl (C=O) groups is 3. The van der Waals surface area contributed by atoms with Gasteiger partial charge in [0.25, 0.3) is 11.8 Å². The summed E-state index contributed by atoms with van der Waals surface area (Å²) < 4.78 is 0. The number of hydrogen-bond donors (Lipinski definition) is 0. The molecule has 0 aromatic rings. The molecule has 1 fully saturated rings. The van der Waals surface area contributed by atoms with E-state index in [9.17, 15) is 14.4 Å². The van der Waals surface area contributed by atoms with Gasteiger partial charge in [-0.1, -0.05) is 44.4 Å². The molecular weight excluding hydrogens is 282 g/mol. The van der Waals surface area contributed by atoms with Crippen LogP contribution in [0, 0.1) is 11.8 Å². The van der Waals surface area contributed by atoms with Gasteiger partial charge in [0.1, 0.15) is 0 Å². The Morgan fingerprint density at radius 1 is 1.23 bits per heavy atom. The van der Waals surface area contributed by atoms with Crippen molar-refractivity contribution >= 4 is 17.8 Å². The van der Waals surface area contributed by atoms with Gasteiger partial charge in [0.05, 0.1) is 11.5 Å². The Labute approximate surface area is 130 Å². The van der Waals surface area contributed by atoms with Gasteiger partial charge >= 0.3 is 5.97 Å². The molecule has 2 unspecified atom stereocenters. The van der Waals surface area contributed by atoms with E-state index in [4.69, 9.17) is 4.84 Å². The maximum Gasteiger partial charge on any atom is 0.336 e. The monoisotopic (exact) mass is 305 g/mol. The summed E-state index contributed by atoms with van der Waals surface area (Å²) in [6.45, 7) is 6.00. The maximum atomic E-state index is 12.1. The molecule has 2 atom stereocenters. The largest absolute Gasteiger partial charge is 0.336 e. The fourth-order valence-corrected chi connectivity index (χ4v) is 3.15. The van der Waals surface area contributed by atoms with Crippen molar-refractivity contribution in [1.82, 2.24) is 5.06 Å². The van der Waals surface area contributed by atoms with Crippen LogP contribution in [0.2, 0.25) is 0 Å². The van der Waals surface area contributed by atoms with Crippen molar-refractivity contribution in [3.63, 3.8) is 0 Å². The topological polar surface area (TPSA) is 63.7 Å². The zero-order valence-corrected chi connectivity index (χ0v) is 13.4. The number of rotatable bonds is 2. The van der Waals surface area contributed by atoms with Crippen LogP contribution in [0.1, 0.15) is 52.9 Å². The summed E-state index contributed by atoms with van der Waals surface area (Å²) in [5.74, 6) is -1.41. The minimum Gasteiger partial charge on any atom is -0.329 e. The molecule has 5 heteroatoms. The van der Waals surface area contributed by atoms with Gasteiger partial charge in [-0.15, -0.1) is 0 Å². The third kappa shape index (κ3) is 2.85. The highest BCUT2D eigenvalue weighted by Gasteiger charge is 2.42. The Bertz CT molecular complexity index is 547. The summed E-state index contributed by atoms with van der Waals surface area (Å²) in [5.41, 5.74) is 0.832. The second kappa shape index (κ2) is 6.90. The second-order valence-corrected chi connectivity index (χ2v) is 5.66. The molecule has 1 heterocycles. The Balaban J connectivity index is 0.000000847. The highest BCUT2D eigenvalue weighted by atomic mass is 16.7. The van der Waals surface area contributed by atoms with Crippen LogP contribution in [0.3, 0.4) is 0 Å². The maximum absolute atomic E-state index is 12.1. The molecule has 5 nitrogen and oxygen atoms in total. The third-order valence-corrected chi connectivity index (χ3v) is 4.37. The molecule has 0 saturated heterocycles. The van der Waals surface area contributed by atoms with Crippen molar-refractivity contribution in [2.75, 3.05) is 0 Å². The van der Waals surface area contributed by atoms with Crippen LogP contribution in [0.15, 0.2) is 23.3 Å². The molecule has 0 spiro atoms. The minimum absolute atomic E-state index is 0.205. The zero-order valence-electron chi connectivity index (χ0n) is 13.4. The van der Waals surface area contributed by atoms with E-state index in [0.717, 1.165) is 25.7 Å².